The van der Waals surface area contributed by atoms with Gasteiger partial charge in [0.1, 0.15) is 0 Å². The molecule has 0 radical (unpaired) electrons. The number of rotatable bonds is 3. The predicted molar refractivity (Wildman–Crippen MR) is 83.1 cm³/mol. The van der Waals surface area contributed by atoms with E-state index in [4.69, 9.17) is 0 Å². The monoisotopic (exact) mass is 270 g/mol. The van der Waals surface area contributed by atoms with E-state index in [-0.39, 0.29) is 0 Å². The second-order valence-corrected chi connectivity index (χ2v) is 7.22. The molecule has 3 aliphatic rings. The highest BCUT2D eigenvalue weighted by atomic mass is 15.1. The normalized spacial score (nSPS) is 33.5. The van der Waals surface area contributed by atoms with Crippen LogP contribution in [-0.4, -0.2) is 37.6 Å². The van der Waals surface area contributed by atoms with Gasteiger partial charge in [-0.2, -0.15) is 0 Å². The van der Waals surface area contributed by atoms with Gasteiger partial charge in [-0.25, -0.2) is 0 Å². The zero-order valence-electron chi connectivity index (χ0n) is 12.6. The average molecular weight is 270 g/mol. The van der Waals surface area contributed by atoms with Crippen molar-refractivity contribution >= 4 is 0 Å². The first-order chi connectivity index (χ1) is 9.78. The Morgan fingerprint density at radius 1 is 1.25 bits per heavy atom. The minimum Gasteiger partial charge on any atom is -0.313 e. The number of hydrogen-bond donors (Lipinski definition) is 1. The van der Waals surface area contributed by atoms with Crippen LogP contribution < -0.4 is 5.32 Å². The van der Waals surface area contributed by atoms with Crippen molar-refractivity contribution in [3.63, 3.8) is 0 Å². The Balaban J connectivity index is 1.35. The summed E-state index contributed by atoms with van der Waals surface area (Å²) >= 11 is 0. The van der Waals surface area contributed by atoms with Crippen molar-refractivity contribution in [2.45, 2.75) is 43.6 Å². The molecule has 4 rings (SSSR count). The minimum atomic E-state index is 0.516. The van der Waals surface area contributed by atoms with Gasteiger partial charge in [0.05, 0.1) is 0 Å². The number of fused-ring (bicyclic) bond motifs is 2. The number of nitrogens with zero attached hydrogens (tertiary/aromatic N) is 1. The third-order valence-corrected chi connectivity index (χ3v) is 5.96. The van der Waals surface area contributed by atoms with E-state index < -0.39 is 0 Å². The zero-order valence-corrected chi connectivity index (χ0v) is 12.6. The second-order valence-electron chi connectivity index (χ2n) is 7.22. The van der Waals surface area contributed by atoms with E-state index in [2.05, 4.69) is 41.5 Å². The highest BCUT2D eigenvalue weighted by Crippen LogP contribution is 2.56. The van der Waals surface area contributed by atoms with E-state index in [0.29, 0.717) is 5.41 Å². The number of likely N-dealkylation sites (tertiary alicyclic amines) is 1. The van der Waals surface area contributed by atoms with Crippen LogP contribution in [0.15, 0.2) is 24.3 Å². The Bertz CT molecular complexity index is 490. The molecule has 108 valence electrons. The molecular weight excluding hydrogens is 244 g/mol. The quantitative estimate of drug-likeness (QED) is 0.908. The van der Waals surface area contributed by atoms with Crippen molar-refractivity contribution < 1.29 is 0 Å². The van der Waals surface area contributed by atoms with E-state index in [1.165, 1.54) is 51.7 Å². The molecule has 2 heteroatoms. The largest absolute Gasteiger partial charge is 0.313 e. The van der Waals surface area contributed by atoms with E-state index in [1.54, 1.807) is 11.1 Å². The summed E-state index contributed by atoms with van der Waals surface area (Å²) in [4.78, 5) is 2.46. The van der Waals surface area contributed by atoms with Gasteiger partial charge in [-0.15, -0.1) is 0 Å². The van der Waals surface area contributed by atoms with Gasteiger partial charge in [0.2, 0.25) is 0 Å². The van der Waals surface area contributed by atoms with Crippen LogP contribution in [0.4, 0.5) is 0 Å². The molecule has 1 saturated heterocycles. The van der Waals surface area contributed by atoms with Gasteiger partial charge in [-0.05, 0) is 75.8 Å². The van der Waals surface area contributed by atoms with E-state index >= 15 is 0 Å². The Morgan fingerprint density at radius 3 is 2.90 bits per heavy atom. The average Bonchev–Trinajstić information content (AvgIpc) is 3.06. The maximum absolute atomic E-state index is 3.90. The Morgan fingerprint density at radius 2 is 2.05 bits per heavy atom. The van der Waals surface area contributed by atoms with Crippen LogP contribution in [0.5, 0.6) is 0 Å². The smallest absolute Gasteiger partial charge is 0.0174 e. The van der Waals surface area contributed by atoms with Gasteiger partial charge in [0.25, 0.3) is 0 Å². The standard InChI is InChI=1S/C18H26N2/c1-20-10-7-14(8-11-20)13-19-17-12-18(17)9-6-15-4-2-3-5-16(15)18/h2-5,14,17,19H,6-13H2,1H3. The molecule has 2 atom stereocenters. The van der Waals surface area contributed by atoms with Crippen molar-refractivity contribution in [1.29, 1.82) is 0 Å². The summed E-state index contributed by atoms with van der Waals surface area (Å²) in [6, 6.07) is 9.88. The fraction of sp³-hybridized carbons (Fsp3) is 0.667. The summed E-state index contributed by atoms with van der Waals surface area (Å²) in [6.45, 7) is 3.80. The van der Waals surface area contributed by atoms with Crippen LogP contribution in [0.3, 0.4) is 0 Å². The summed E-state index contributed by atoms with van der Waals surface area (Å²) in [6.07, 6.45) is 6.79. The van der Waals surface area contributed by atoms with Crippen LogP contribution in [0.25, 0.3) is 0 Å². The predicted octanol–water partition coefficient (Wildman–Crippen LogP) is 2.57. The molecule has 0 amide bonds. The van der Waals surface area contributed by atoms with Crippen LogP contribution in [-0.2, 0) is 11.8 Å². The first-order valence-corrected chi connectivity index (χ1v) is 8.28. The second kappa shape index (κ2) is 4.85. The number of piperidine rings is 1. The SMILES string of the molecule is CN1CCC(CNC2CC23CCc2ccccc23)CC1. The lowest BCUT2D eigenvalue weighted by molar-refractivity contribution is 0.215. The van der Waals surface area contributed by atoms with E-state index in [1.807, 2.05) is 0 Å². The summed E-state index contributed by atoms with van der Waals surface area (Å²) in [5, 5.41) is 3.90. The first kappa shape index (κ1) is 12.8. The van der Waals surface area contributed by atoms with Crippen molar-refractivity contribution in [3.05, 3.63) is 35.4 Å². The van der Waals surface area contributed by atoms with Crippen LogP contribution in [0.1, 0.15) is 36.8 Å². The molecule has 2 fully saturated rings. The molecule has 1 spiro atoms. The molecular formula is C18H26N2. The summed E-state index contributed by atoms with van der Waals surface area (Å²) < 4.78 is 0. The first-order valence-electron chi connectivity index (χ1n) is 8.28. The molecule has 2 unspecified atom stereocenters. The Hall–Kier alpha value is -0.860. The highest BCUT2D eigenvalue weighted by molar-refractivity contribution is 5.46. The van der Waals surface area contributed by atoms with Crippen LogP contribution >= 0.6 is 0 Å². The van der Waals surface area contributed by atoms with Crippen molar-refractivity contribution in [2.75, 3.05) is 26.7 Å². The van der Waals surface area contributed by atoms with Gasteiger partial charge < -0.3 is 10.2 Å². The molecule has 2 nitrogen and oxygen atoms in total. The van der Waals surface area contributed by atoms with Gasteiger partial charge in [0.15, 0.2) is 0 Å². The molecule has 1 N–H and O–H groups in total. The highest BCUT2D eigenvalue weighted by Gasteiger charge is 2.57. The van der Waals surface area contributed by atoms with Gasteiger partial charge in [0, 0.05) is 11.5 Å². The topological polar surface area (TPSA) is 15.3 Å². The van der Waals surface area contributed by atoms with Gasteiger partial charge in [-0.1, -0.05) is 24.3 Å². The Labute approximate surface area is 122 Å². The Kier molecular flexibility index (Phi) is 3.12. The number of benzene rings is 1. The lowest BCUT2D eigenvalue weighted by Gasteiger charge is -2.29. The zero-order chi connectivity index (χ0) is 13.6. The number of hydrogen-bond acceptors (Lipinski definition) is 2. The van der Waals surface area contributed by atoms with E-state index in [9.17, 15) is 0 Å². The fourth-order valence-corrected chi connectivity index (χ4v) is 4.44. The molecule has 1 aromatic rings. The third kappa shape index (κ3) is 2.10. The number of aryl methyl sites for hydroxylation is 1. The lowest BCUT2D eigenvalue weighted by atomic mass is 9.95. The molecule has 1 aliphatic heterocycles. The van der Waals surface area contributed by atoms with Crippen molar-refractivity contribution in [2.24, 2.45) is 5.92 Å². The molecule has 1 saturated carbocycles. The molecule has 1 aromatic carbocycles. The fourth-order valence-electron chi connectivity index (χ4n) is 4.44. The van der Waals surface area contributed by atoms with Gasteiger partial charge >= 0.3 is 0 Å². The summed E-state index contributed by atoms with van der Waals surface area (Å²) in [5.41, 5.74) is 3.78. The van der Waals surface area contributed by atoms with Crippen LogP contribution in [0.2, 0.25) is 0 Å². The minimum absolute atomic E-state index is 0.516. The maximum Gasteiger partial charge on any atom is 0.0174 e. The van der Waals surface area contributed by atoms with Crippen molar-refractivity contribution in [1.82, 2.24) is 10.2 Å². The third-order valence-electron chi connectivity index (χ3n) is 5.96. The molecule has 0 bridgehead atoms. The van der Waals surface area contributed by atoms with Gasteiger partial charge in [-0.3, -0.25) is 0 Å². The number of nitrogens with one attached hydrogen (secondary N) is 1. The molecule has 2 aliphatic carbocycles. The van der Waals surface area contributed by atoms with E-state index in [0.717, 1.165) is 12.0 Å². The molecule has 0 aromatic heterocycles. The molecule has 20 heavy (non-hydrogen) atoms. The lowest BCUT2D eigenvalue weighted by Crippen LogP contribution is -2.36. The van der Waals surface area contributed by atoms with Crippen molar-refractivity contribution in [3.8, 4) is 0 Å². The van der Waals surface area contributed by atoms with Crippen LogP contribution in [0, 0.1) is 5.92 Å². The maximum atomic E-state index is 3.90. The molecule has 1 heterocycles. The summed E-state index contributed by atoms with van der Waals surface area (Å²) in [5.74, 6) is 0.903. The summed E-state index contributed by atoms with van der Waals surface area (Å²) in [7, 11) is 2.25.